The van der Waals surface area contributed by atoms with E-state index in [0.29, 0.717) is 4.88 Å². The van der Waals surface area contributed by atoms with Gasteiger partial charge in [-0.15, -0.1) is 17.9 Å². The highest BCUT2D eigenvalue weighted by atomic mass is 32.1. The monoisotopic (exact) mass is 239 g/mol. The van der Waals surface area contributed by atoms with Crippen molar-refractivity contribution in [2.75, 3.05) is 13.1 Å². The van der Waals surface area contributed by atoms with Gasteiger partial charge in [-0.1, -0.05) is 6.08 Å². The van der Waals surface area contributed by atoms with Gasteiger partial charge in [-0.3, -0.25) is 9.59 Å². The molecule has 0 atom stereocenters. The molecule has 0 aliphatic rings. The summed E-state index contributed by atoms with van der Waals surface area (Å²) < 4.78 is 0. The SMILES string of the molecule is C=CCN(CC(=O)O)C(=O)c1ccc(C)s1. The molecule has 0 fully saturated rings. The number of carboxylic acids is 1. The van der Waals surface area contributed by atoms with E-state index in [-0.39, 0.29) is 19.0 Å². The lowest BCUT2D eigenvalue weighted by Crippen LogP contribution is -2.35. The Morgan fingerprint density at radius 2 is 2.25 bits per heavy atom. The van der Waals surface area contributed by atoms with E-state index in [2.05, 4.69) is 6.58 Å². The van der Waals surface area contributed by atoms with Crippen molar-refractivity contribution < 1.29 is 14.7 Å². The molecule has 1 aromatic heterocycles. The van der Waals surface area contributed by atoms with E-state index in [1.54, 1.807) is 6.07 Å². The first kappa shape index (κ1) is 12.4. The molecule has 1 aromatic rings. The Bertz CT molecular complexity index is 411. The van der Waals surface area contributed by atoms with Gasteiger partial charge in [-0.2, -0.15) is 0 Å². The number of thiophene rings is 1. The molecular weight excluding hydrogens is 226 g/mol. The first-order chi connectivity index (χ1) is 7.54. The molecule has 86 valence electrons. The maximum absolute atomic E-state index is 11.9. The summed E-state index contributed by atoms with van der Waals surface area (Å²) in [7, 11) is 0. The van der Waals surface area contributed by atoms with E-state index in [4.69, 9.17) is 5.11 Å². The molecule has 0 aliphatic heterocycles. The van der Waals surface area contributed by atoms with Crippen molar-refractivity contribution in [1.29, 1.82) is 0 Å². The molecule has 1 heterocycles. The average molecular weight is 239 g/mol. The lowest BCUT2D eigenvalue weighted by molar-refractivity contribution is -0.137. The van der Waals surface area contributed by atoms with E-state index >= 15 is 0 Å². The molecule has 0 bridgehead atoms. The maximum atomic E-state index is 11.9. The lowest BCUT2D eigenvalue weighted by atomic mass is 10.3. The highest BCUT2D eigenvalue weighted by molar-refractivity contribution is 7.13. The molecular formula is C11H13NO3S. The van der Waals surface area contributed by atoms with E-state index in [9.17, 15) is 9.59 Å². The Morgan fingerprint density at radius 1 is 1.56 bits per heavy atom. The second-order valence-electron chi connectivity index (χ2n) is 3.28. The molecule has 5 heteroatoms. The van der Waals surface area contributed by atoms with Gasteiger partial charge in [0.25, 0.3) is 5.91 Å². The largest absolute Gasteiger partial charge is 0.480 e. The lowest BCUT2D eigenvalue weighted by Gasteiger charge is -2.17. The summed E-state index contributed by atoms with van der Waals surface area (Å²) in [5.74, 6) is -1.29. The quantitative estimate of drug-likeness (QED) is 0.797. The molecule has 16 heavy (non-hydrogen) atoms. The van der Waals surface area contributed by atoms with Gasteiger partial charge in [0.1, 0.15) is 6.54 Å². The zero-order valence-corrected chi connectivity index (χ0v) is 9.79. The normalized spacial score (nSPS) is 9.81. The van der Waals surface area contributed by atoms with Crippen LogP contribution < -0.4 is 0 Å². The van der Waals surface area contributed by atoms with Gasteiger partial charge in [-0.05, 0) is 19.1 Å². The van der Waals surface area contributed by atoms with Gasteiger partial charge >= 0.3 is 5.97 Å². The molecule has 0 saturated heterocycles. The number of rotatable bonds is 5. The number of nitrogens with zero attached hydrogens (tertiary/aromatic N) is 1. The number of carboxylic acid groups (broad SMARTS) is 1. The van der Waals surface area contributed by atoms with E-state index < -0.39 is 5.97 Å². The van der Waals surface area contributed by atoms with Gasteiger partial charge < -0.3 is 10.0 Å². The second-order valence-corrected chi connectivity index (χ2v) is 4.57. The van der Waals surface area contributed by atoms with Gasteiger partial charge in [-0.25, -0.2) is 0 Å². The molecule has 0 saturated carbocycles. The van der Waals surface area contributed by atoms with Crippen LogP contribution in [-0.2, 0) is 4.79 Å². The van der Waals surface area contributed by atoms with Gasteiger partial charge in [0.2, 0.25) is 0 Å². The topological polar surface area (TPSA) is 57.6 Å². The minimum Gasteiger partial charge on any atom is -0.480 e. The molecule has 1 N–H and O–H groups in total. The fourth-order valence-corrected chi connectivity index (χ4v) is 2.08. The molecule has 0 unspecified atom stereocenters. The average Bonchev–Trinajstić information content (AvgIpc) is 2.62. The number of hydrogen-bond acceptors (Lipinski definition) is 3. The van der Waals surface area contributed by atoms with Crippen LogP contribution >= 0.6 is 11.3 Å². The van der Waals surface area contributed by atoms with Crippen LogP contribution in [0, 0.1) is 6.92 Å². The Balaban J connectivity index is 2.81. The molecule has 0 radical (unpaired) electrons. The van der Waals surface area contributed by atoms with Gasteiger partial charge in [0.05, 0.1) is 4.88 Å². The van der Waals surface area contributed by atoms with Gasteiger partial charge in [0.15, 0.2) is 0 Å². The highest BCUT2D eigenvalue weighted by Gasteiger charge is 2.18. The Hall–Kier alpha value is -1.62. The number of aliphatic carboxylic acids is 1. The zero-order chi connectivity index (χ0) is 12.1. The Morgan fingerprint density at radius 3 is 2.69 bits per heavy atom. The second kappa shape index (κ2) is 5.46. The number of hydrogen-bond donors (Lipinski definition) is 1. The summed E-state index contributed by atoms with van der Waals surface area (Å²) in [6.45, 7) is 5.34. The predicted octanol–water partition coefficient (Wildman–Crippen LogP) is 1.77. The summed E-state index contributed by atoms with van der Waals surface area (Å²) in [5.41, 5.74) is 0. The number of carbonyl (C=O) groups is 2. The molecule has 0 aromatic carbocycles. The van der Waals surface area contributed by atoms with E-state index in [1.807, 2.05) is 13.0 Å². The van der Waals surface area contributed by atoms with Crippen LogP contribution in [0.3, 0.4) is 0 Å². The van der Waals surface area contributed by atoms with Crippen molar-refractivity contribution in [2.45, 2.75) is 6.92 Å². The molecule has 1 amide bonds. The zero-order valence-electron chi connectivity index (χ0n) is 8.97. The van der Waals surface area contributed by atoms with Crippen molar-refractivity contribution in [3.8, 4) is 0 Å². The summed E-state index contributed by atoms with van der Waals surface area (Å²) in [6.07, 6.45) is 1.52. The highest BCUT2D eigenvalue weighted by Crippen LogP contribution is 2.17. The minimum absolute atomic E-state index is 0.238. The van der Waals surface area contributed by atoms with Crippen molar-refractivity contribution in [1.82, 2.24) is 4.90 Å². The smallest absolute Gasteiger partial charge is 0.323 e. The number of amides is 1. The summed E-state index contributed by atoms with van der Waals surface area (Å²) in [6, 6.07) is 3.55. The van der Waals surface area contributed by atoms with E-state index in [0.717, 1.165) is 4.88 Å². The third-order valence-electron chi connectivity index (χ3n) is 1.91. The standard InChI is InChI=1S/C11H13NO3S/c1-3-6-12(7-10(13)14)11(15)9-5-4-8(2)16-9/h3-5H,1,6-7H2,2H3,(H,13,14). The molecule has 1 rings (SSSR count). The Labute approximate surface area is 97.8 Å². The van der Waals surface area contributed by atoms with Crippen LogP contribution in [0.4, 0.5) is 0 Å². The fourth-order valence-electron chi connectivity index (χ4n) is 1.24. The first-order valence-electron chi connectivity index (χ1n) is 4.73. The summed E-state index contributed by atoms with van der Waals surface area (Å²) in [4.78, 5) is 25.3. The van der Waals surface area contributed by atoms with Crippen molar-refractivity contribution in [3.05, 3.63) is 34.5 Å². The van der Waals surface area contributed by atoms with Crippen LogP contribution in [-0.4, -0.2) is 35.0 Å². The van der Waals surface area contributed by atoms with Crippen LogP contribution in [0.25, 0.3) is 0 Å². The van der Waals surface area contributed by atoms with Crippen LogP contribution in [0.5, 0.6) is 0 Å². The maximum Gasteiger partial charge on any atom is 0.323 e. The van der Waals surface area contributed by atoms with Crippen LogP contribution in [0.2, 0.25) is 0 Å². The van der Waals surface area contributed by atoms with Crippen molar-refractivity contribution >= 4 is 23.2 Å². The molecule has 0 spiro atoms. The number of aryl methyl sites for hydroxylation is 1. The third kappa shape index (κ3) is 3.20. The van der Waals surface area contributed by atoms with Crippen molar-refractivity contribution in [3.63, 3.8) is 0 Å². The first-order valence-corrected chi connectivity index (χ1v) is 5.54. The summed E-state index contributed by atoms with van der Waals surface area (Å²) >= 11 is 1.36. The fraction of sp³-hybridized carbons (Fsp3) is 0.273. The summed E-state index contributed by atoms with van der Waals surface area (Å²) in [5, 5.41) is 8.69. The molecule has 0 aliphatic carbocycles. The Kier molecular flexibility index (Phi) is 4.25. The van der Waals surface area contributed by atoms with Crippen LogP contribution in [0.15, 0.2) is 24.8 Å². The van der Waals surface area contributed by atoms with E-state index in [1.165, 1.54) is 22.3 Å². The minimum atomic E-state index is -1.02. The predicted molar refractivity (Wildman–Crippen MR) is 62.8 cm³/mol. The molecule has 4 nitrogen and oxygen atoms in total. The van der Waals surface area contributed by atoms with Gasteiger partial charge in [0, 0.05) is 11.4 Å². The third-order valence-corrected chi connectivity index (χ3v) is 2.90. The number of carbonyl (C=O) groups excluding carboxylic acids is 1. The van der Waals surface area contributed by atoms with Crippen LogP contribution in [0.1, 0.15) is 14.5 Å². The van der Waals surface area contributed by atoms with Crippen molar-refractivity contribution in [2.24, 2.45) is 0 Å².